The van der Waals surface area contributed by atoms with Gasteiger partial charge in [-0.05, 0) is 48.9 Å². The lowest BCUT2D eigenvalue weighted by molar-refractivity contribution is 0.0398. The summed E-state index contributed by atoms with van der Waals surface area (Å²) in [7, 11) is 0. The molecule has 0 atom stereocenters. The fourth-order valence-corrected chi connectivity index (χ4v) is 6.09. The number of fused-ring (bicyclic) bond motifs is 2. The van der Waals surface area contributed by atoms with Crippen LogP contribution in [-0.4, -0.2) is 66.7 Å². The van der Waals surface area contributed by atoms with Crippen molar-refractivity contribution in [3.63, 3.8) is 0 Å². The van der Waals surface area contributed by atoms with Gasteiger partial charge in [0.25, 0.3) is 5.91 Å². The molecule has 2 aromatic carbocycles. The number of carbonyl (C=O) groups excluding carboxylic acids is 1. The van der Waals surface area contributed by atoms with Gasteiger partial charge in [-0.1, -0.05) is 23.7 Å². The van der Waals surface area contributed by atoms with Crippen molar-refractivity contribution in [3.8, 4) is 10.6 Å². The zero-order chi connectivity index (χ0) is 25.4. The van der Waals surface area contributed by atoms with Crippen molar-refractivity contribution < 1.29 is 9.53 Å². The van der Waals surface area contributed by atoms with Gasteiger partial charge in [-0.15, -0.1) is 11.3 Å². The van der Waals surface area contributed by atoms with E-state index in [1.54, 1.807) is 0 Å². The van der Waals surface area contributed by atoms with E-state index in [0.29, 0.717) is 16.4 Å². The van der Waals surface area contributed by atoms with Gasteiger partial charge >= 0.3 is 0 Å². The SMILES string of the molecule is Cc1cc(NCCN2CCOCC2)nc2ccc(N3CCc4nc(-c5ccc(Cl)cc5)sc4C3=O)cc12. The van der Waals surface area contributed by atoms with Gasteiger partial charge in [0.15, 0.2) is 0 Å². The van der Waals surface area contributed by atoms with Crippen LogP contribution in [0.1, 0.15) is 20.9 Å². The maximum absolute atomic E-state index is 13.5. The number of benzene rings is 2. The van der Waals surface area contributed by atoms with Gasteiger partial charge in [-0.25, -0.2) is 9.97 Å². The summed E-state index contributed by atoms with van der Waals surface area (Å²) in [5.41, 5.74) is 4.80. The zero-order valence-electron chi connectivity index (χ0n) is 20.7. The maximum Gasteiger partial charge on any atom is 0.270 e. The minimum atomic E-state index is 0.00493. The van der Waals surface area contributed by atoms with Crippen LogP contribution in [0.25, 0.3) is 21.5 Å². The van der Waals surface area contributed by atoms with Gasteiger partial charge < -0.3 is 15.0 Å². The molecule has 0 unspecified atom stereocenters. The van der Waals surface area contributed by atoms with E-state index in [0.717, 1.165) is 90.1 Å². The Hall–Kier alpha value is -3.04. The number of anilines is 2. The number of ether oxygens (including phenoxy) is 1. The average molecular weight is 534 g/mol. The number of hydrogen-bond acceptors (Lipinski definition) is 7. The Morgan fingerprint density at radius 1 is 1.05 bits per heavy atom. The monoisotopic (exact) mass is 533 g/mol. The largest absolute Gasteiger partial charge is 0.379 e. The molecular formula is C28H28ClN5O2S. The third-order valence-electron chi connectivity index (χ3n) is 6.95. The Morgan fingerprint density at radius 3 is 2.68 bits per heavy atom. The molecule has 0 bridgehead atoms. The number of nitrogens with one attached hydrogen (secondary N) is 1. The quantitative estimate of drug-likeness (QED) is 0.364. The number of nitrogens with zero attached hydrogens (tertiary/aromatic N) is 4. The van der Waals surface area contributed by atoms with Gasteiger partial charge in [0, 0.05) is 60.8 Å². The second-order valence-electron chi connectivity index (χ2n) is 9.42. The number of hydrogen-bond donors (Lipinski definition) is 1. The predicted octanol–water partition coefficient (Wildman–Crippen LogP) is 5.27. The van der Waals surface area contributed by atoms with Gasteiger partial charge in [-0.2, -0.15) is 0 Å². The van der Waals surface area contributed by atoms with Crippen LogP contribution < -0.4 is 10.2 Å². The first-order valence-electron chi connectivity index (χ1n) is 12.6. The smallest absolute Gasteiger partial charge is 0.270 e. The molecule has 1 N–H and O–H groups in total. The molecule has 1 amide bonds. The number of morpholine rings is 1. The second kappa shape index (κ2) is 10.4. The molecule has 0 saturated carbocycles. The summed E-state index contributed by atoms with van der Waals surface area (Å²) in [6, 6.07) is 15.8. The fourth-order valence-electron chi connectivity index (χ4n) is 4.90. The van der Waals surface area contributed by atoms with Crippen LogP contribution in [0, 0.1) is 6.92 Å². The number of carbonyl (C=O) groups is 1. The van der Waals surface area contributed by atoms with Crippen molar-refractivity contribution >= 4 is 51.3 Å². The first-order valence-corrected chi connectivity index (χ1v) is 13.8. The molecule has 9 heteroatoms. The molecule has 0 spiro atoms. The molecular weight excluding hydrogens is 506 g/mol. The number of thiazole rings is 1. The second-order valence-corrected chi connectivity index (χ2v) is 10.9. The Labute approximate surface area is 225 Å². The molecule has 0 radical (unpaired) electrons. The Balaban J connectivity index is 1.19. The van der Waals surface area contributed by atoms with E-state index in [1.165, 1.54) is 11.3 Å². The highest BCUT2D eigenvalue weighted by atomic mass is 35.5. The molecule has 6 rings (SSSR count). The molecule has 1 saturated heterocycles. The molecule has 1 fully saturated rings. The molecule has 7 nitrogen and oxygen atoms in total. The average Bonchev–Trinajstić information content (AvgIpc) is 3.35. The molecule has 37 heavy (non-hydrogen) atoms. The summed E-state index contributed by atoms with van der Waals surface area (Å²) >= 11 is 7.48. The number of amides is 1. The molecule has 0 aliphatic carbocycles. The van der Waals surface area contributed by atoms with Crippen molar-refractivity contribution in [2.75, 3.05) is 56.2 Å². The summed E-state index contributed by atoms with van der Waals surface area (Å²) in [5.74, 6) is 0.884. The first-order chi connectivity index (χ1) is 18.0. The molecule has 2 aliphatic heterocycles. The van der Waals surface area contributed by atoms with E-state index in [2.05, 4.69) is 29.3 Å². The lowest BCUT2D eigenvalue weighted by Gasteiger charge is -2.27. The van der Waals surface area contributed by atoms with Gasteiger partial charge in [-0.3, -0.25) is 9.69 Å². The standard InChI is InChI=1S/C28H28ClN5O2S/c1-18-16-25(30-9-11-33-12-14-36-15-13-33)31-23-7-6-21(17-22(18)23)34-10-8-24-26(28(34)35)37-27(32-24)19-2-4-20(29)5-3-19/h2-7,16-17H,8-15H2,1H3,(H,30,31). The van der Waals surface area contributed by atoms with Crippen LogP contribution in [-0.2, 0) is 11.2 Å². The van der Waals surface area contributed by atoms with Crippen LogP contribution >= 0.6 is 22.9 Å². The van der Waals surface area contributed by atoms with Gasteiger partial charge in [0.1, 0.15) is 15.7 Å². The first kappa shape index (κ1) is 24.3. The van der Waals surface area contributed by atoms with Crippen molar-refractivity contribution in [3.05, 3.63) is 69.7 Å². The minimum absolute atomic E-state index is 0.00493. The maximum atomic E-state index is 13.5. The summed E-state index contributed by atoms with van der Waals surface area (Å²) in [6.45, 7) is 8.09. The van der Waals surface area contributed by atoms with E-state index in [4.69, 9.17) is 26.3 Å². The van der Waals surface area contributed by atoms with E-state index in [9.17, 15) is 4.79 Å². The number of aromatic nitrogens is 2. The normalized spacial score (nSPS) is 16.3. The summed E-state index contributed by atoms with van der Waals surface area (Å²) < 4.78 is 5.42. The molecule has 4 aromatic rings. The number of rotatable bonds is 6. The van der Waals surface area contributed by atoms with Crippen LogP contribution in [0.2, 0.25) is 5.02 Å². The van der Waals surface area contributed by atoms with Crippen molar-refractivity contribution in [2.45, 2.75) is 13.3 Å². The van der Waals surface area contributed by atoms with Gasteiger partial charge in [0.05, 0.1) is 24.4 Å². The Morgan fingerprint density at radius 2 is 1.86 bits per heavy atom. The third-order valence-corrected chi connectivity index (χ3v) is 8.34. The lowest BCUT2D eigenvalue weighted by Crippen LogP contribution is -2.39. The van der Waals surface area contributed by atoms with Crippen molar-refractivity contribution in [2.24, 2.45) is 0 Å². The number of halogens is 1. The van der Waals surface area contributed by atoms with E-state index >= 15 is 0 Å². The Kier molecular flexibility index (Phi) is 6.82. The number of pyridine rings is 1. The van der Waals surface area contributed by atoms with E-state index < -0.39 is 0 Å². The molecule has 190 valence electrons. The highest BCUT2D eigenvalue weighted by Gasteiger charge is 2.30. The van der Waals surface area contributed by atoms with Crippen LogP contribution in [0.3, 0.4) is 0 Å². The molecule has 2 aliphatic rings. The predicted molar refractivity (Wildman–Crippen MR) is 150 cm³/mol. The summed E-state index contributed by atoms with van der Waals surface area (Å²) in [5, 5.41) is 6.06. The minimum Gasteiger partial charge on any atom is -0.379 e. The topological polar surface area (TPSA) is 70.6 Å². The molecule has 4 heterocycles. The van der Waals surface area contributed by atoms with Crippen LogP contribution in [0.5, 0.6) is 0 Å². The fraction of sp³-hybridized carbons (Fsp3) is 0.321. The highest BCUT2D eigenvalue weighted by Crippen LogP contribution is 2.35. The van der Waals surface area contributed by atoms with Crippen molar-refractivity contribution in [1.29, 1.82) is 0 Å². The van der Waals surface area contributed by atoms with E-state index in [-0.39, 0.29) is 5.91 Å². The van der Waals surface area contributed by atoms with Crippen LogP contribution in [0.4, 0.5) is 11.5 Å². The van der Waals surface area contributed by atoms with E-state index in [1.807, 2.05) is 41.3 Å². The number of aryl methyl sites for hydroxylation is 1. The summed E-state index contributed by atoms with van der Waals surface area (Å²) in [6.07, 6.45) is 0.729. The Bertz CT molecular complexity index is 1450. The van der Waals surface area contributed by atoms with Crippen LogP contribution in [0.15, 0.2) is 48.5 Å². The van der Waals surface area contributed by atoms with Crippen molar-refractivity contribution in [1.82, 2.24) is 14.9 Å². The molecule has 2 aromatic heterocycles. The zero-order valence-corrected chi connectivity index (χ0v) is 22.2. The summed E-state index contributed by atoms with van der Waals surface area (Å²) in [4.78, 5) is 28.0. The lowest BCUT2D eigenvalue weighted by atomic mass is 10.1. The highest BCUT2D eigenvalue weighted by molar-refractivity contribution is 7.17. The third kappa shape index (κ3) is 5.07. The van der Waals surface area contributed by atoms with Gasteiger partial charge in [0.2, 0.25) is 0 Å².